The Kier molecular flexibility index (Phi) is 3.86. The van der Waals surface area contributed by atoms with Crippen LogP contribution in [0.3, 0.4) is 0 Å². The van der Waals surface area contributed by atoms with E-state index >= 15 is 0 Å². The van der Waals surface area contributed by atoms with Crippen molar-refractivity contribution in [2.45, 2.75) is 32.0 Å². The van der Waals surface area contributed by atoms with Crippen molar-refractivity contribution in [3.63, 3.8) is 0 Å². The van der Waals surface area contributed by atoms with Gasteiger partial charge in [-0.3, -0.25) is 0 Å². The van der Waals surface area contributed by atoms with Crippen LogP contribution in [0.1, 0.15) is 41.4 Å². The summed E-state index contributed by atoms with van der Waals surface area (Å²) in [5.41, 5.74) is 4.62. The molecule has 0 aromatic heterocycles. The average Bonchev–Trinajstić information content (AvgIpc) is 2.46. The third-order valence-corrected chi connectivity index (χ3v) is 4.00. The van der Waals surface area contributed by atoms with Crippen LogP contribution >= 0.6 is 0 Å². The van der Waals surface area contributed by atoms with E-state index < -0.39 is 6.10 Å². The number of fused-ring (bicyclic) bond motifs is 2. The van der Waals surface area contributed by atoms with E-state index in [1.165, 1.54) is 16.7 Å². The maximum Gasteiger partial charge on any atom is 0.0867 e. The first-order valence-corrected chi connectivity index (χ1v) is 7.25. The number of hydrogen-bond donors (Lipinski definition) is 1. The Bertz CT molecular complexity index is 591. The second kappa shape index (κ2) is 5.78. The zero-order valence-electron chi connectivity index (χ0n) is 11.8. The summed E-state index contributed by atoms with van der Waals surface area (Å²) >= 11 is 0. The first kappa shape index (κ1) is 13.3. The van der Waals surface area contributed by atoms with Gasteiger partial charge in [0.25, 0.3) is 0 Å². The highest BCUT2D eigenvalue weighted by molar-refractivity contribution is 5.38. The average molecular weight is 268 g/mol. The Balaban J connectivity index is 2.07. The largest absolute Gasteiger partial charge is 0.388 e. The van der Waals surface area contributed by atoms with E-state index in [2.05, 4.69) is 18.2 Å². The third kappa shape index (κ3) is 2.49. The fraction of sp³-hybridized carbons (Fsp3) is 0.333. The molecule has 104 valence electrons. The highest BCUT2D eigenvalue weighted by Crippen LogP contribution is 2.34. The Morgan fingerprint density at radius 1 is 0.950 bits per heavy atom. The maximum absolute atomic E-state index is 10.5. The predicted molar refractivity (Wildman–Crippen MR) is 79.6 cm³/mol. The van der Waals surface area contributed by atoms with Gasteiger partial charge < -0.3 is 9.84 Å². The summed E-state index contributed by atoms with van der Waals surface area (Å²) in [6, 6.07) is 16.4. The monoisotopic (exact) mass is 268 g/mol. The zero-order valence-corrected chi connectivity index (χ0v) is 11.8. The molecular weight excluding hydrogens is 248 g/mol. The first-order chi connectivity index (χ1) is 9.79. The maximum atomic E-state index is 10.5. The van der Waals surface area contributed by atoms with Gasteiger partial charge in [0.2, 0.25) is 0 Å². The van der Waals surface area contributed by atoms with Crippen LogP contribution in [0.2, 0.25) is 0 Å². The van der Waals surface area contributed by atoms with Crippen molar-refractivity contribution in [2.24, 2.45) is 0 Å². The van der Waals surface area contributed by atoms with Gasteiger partial charge in [-0.2, -0.15) is 0 Å². The normalized spacial score (nSPS) is 21.5. The minimum Gasteiger partial charge on any atom is -0.388 e. The fourth-order valence-electron chi connectivity index (χ4n) is 3.06. The van der Waals surface area contributed by atoms with Gasteiger partial charge in [0.1, 0.15) is 0 Å². The molecular formula is C18H20O2. The van der Waals surface area contributed by atoms with Crippen LogP contribution in [0.4, 0.5) is 0 Å². The molecule has 2 atom stereocenters. The van der Waals surface area contributed by atoms with E-state index in [1.54, 1.807) is 0 Å². The third-order valence-electron chi connectivity index (χ3n) is 4.00. The number of ether oxygens (including phenoxy) is 1. The van der Waals surface area contributed by atoms with Crippen molar-refractivity contribution >= 4 is 0 Å². The molecule has 2 aromatic rings. The van der Waals surface area contributed by atoms with E-state index in [1.807, 2.05) is 37.3 Å². The summed E-state index contributed by atoms with van der Waals surface area (Å²) in [6.45, 7) is 2.73. The van der Waals surface area contributed by atoms with Gasteiger partial charge in [0, 0.05) is 19.4 Å². The highest BCUT2D eigenvalue weighted by Gasteiger charge is 2.24. The highest BCUT2D eigenvalue weighted by atomic mass is 16.5. The molecule has 1 aliphatic carbocycles. The van der Waals surface area contributed by atoms with Crippen LogP contribution in [0.15, 0.2) is 48.5 Å². The van der Waals surface area contributed by atoms with E-state index in [-0.39, 0.29) is 6.10 Å². The van der Waals surface area contributed by atoms with Crippen molar-refractivity contribution in [3.8, 4) is 0 Å². The Morgan fingerprint density at radius 2 is 1.55 bits per heavy atom. The number of aliphatic hydroxyl groups excluding tert-OH is 1. The van der Waals surface area contributed by atoms with Gasteiger partial charge in [-0.15, -0.1) is 0 Å². The first-order valence-electron chi connectivity index (χ1n) is 7.25. The number of rotatable bonds is 2. The van der Waals surface area contributed by atoms with Crippen molar-refractivity contribution in [2.75, 3.05) is 6.61 Å². The summed E-state index contributed by atoms with van der Waals surface area (Å²) < 4.78 is 5.96. The molecule has 3 rings (SSSR count). The SMILES string of the molecule is CCOC1Cc2ccccc2C(O)Cc2ccccc21. The molecule has 0 fully saturated rings. The van der Waals surface area contributed by atoms with E-state index in [0.29, 0.717) is 13.0 Å². The molecule has 2 heteroatoms. The van der Waals surface area contributed by atoms with Crippen LogP contribution in [0.25, 0.3) is 0 Å². The predicted octanol–water partition coefficient (Wildman–Crippen LogP) is 3.60. The quantitative estimate of drug-likeness (QED) is 0.901. The molecule has 0 aliphatic heterocycles. The van der Waals surface area contributed by atoms with Crippen molar-refractivity contribution in [3.05, 3.63) is 70.8 Å². The molecule has 0 radical (unpaired) electrons. The van der Waals surface area contributed by atoms with Gasteiger partial charge in [-0.1, -0.05) is 48.5 Å². The molecule has 0 saturated heterocycles. The number of hydrogen-bond acceptors (Lipinski definition) is 2. The molecule has 0 amide bonds. The lowest BCUT2D eigenvalue weighted by Gasteiger charge is -2.27. The van der Waals surface area contributed by atoms with Crippen LogP contribution in [-0.2, 0) is 17.6 Å². The second-order valence-electron chi connectivity index (χ2n) is 5.27. The molecule has 0 bridgehead atoms. The number of benzene rings is 2. The number of aliphatic hydroxyl groups is 1. The minimum atomic E-state index is -0.435. The minimum absolute atomic E-state index is 0.0739. The summed E-state index contributed by atoms with van der Waals surface area (Å²) in [5.74, 6) is 0. The Morgan fingerprint density at radius 3 is 2.25 bits per heavy atom. The Hall–Kier alpha value is -1.64. The van der Waals surface area contributed by atoms with E-state index in [9.17, 15) is 5.11 Å². The fourth-order valence-corrected chi connectivity index (χ4v) is 3.06. The van der Waals surface area contributed by atoms with Gasteiger partial charge in [-0.05, 0) is 29.2 Å². The molecule has 2 nitrogen and oxygen atoms in total. The van der Waals surface area contributed by atoms with Gasteiger partial charge in [0.05, 0.1) is 12.2 Å². The lowest BCUT2D eigenvalue weighted by molar-refractivity contribution is 0.0593. The summed E-state index contributed by atoms with van der Waals surface area (Å²) in [4.78, 5) is 0. The summed E-state index contributed by atoms with van der Waals surface area (Å²) in [5, 5.41) is 10.5. The van der Waals surface area contributed by atoms with Gasteiger partial charge >= 0.3 is 0 Å². The van der Waals surface area contributed by atoms with Crippen molar-refractivity contribution in [1.29, 1.82) is 0 Å². The lowest BCUT2D eigenvalue weighted by atomic mass is 9.86. The van der Waals surface area contributed by atoms with Gasteiger partial charge in [0.15, 0.2) is 0 Å². The van der Waals surface area contributed by atoms with Crippen LogP contribution < -0.4 is 0 Å². The standard InChI is InChI=1S/C18H20O2/c1-2-20-18-12-14-8-3-5-9-15(14)17(19)11-13-7-4-6-10-16(13)18/h3-10,17-19H,2,11-12H2,1H3. The second-order valence-corrected chi connectivity index (χ2v) is 5.27. The molecule has 0 spiro atoms. The molecule has 20 heavy (non-hydrogen) atoms. The molecule has 2 unspecified atom stereocenters. The smallest absolute Gasteiger partial charge is 0.0867 e. The molecule has 0 saturated carbocycles. The molecule has 1 N–H and O–H groups in total. The van der Waals surface area contributed by atoms with Gasteiger partial charge in [-0.25, -0.2) is 0 Å². The zero-order chi connectivity index (χ0) is 13.9. The van der Waals surface area contributed by atoms with E-state index in [0.717, 1.165) is 12.0 Å². The van der Waals surface area contributed by atoms with E-state index in [4.69, 9.17) is 4.74 Å². The van der Waals surface area contributed by atoms with Crippen LogP contribution in [-0.4, -0.2) is 11.7 Å². The molecule has 2 aromatic carbocycles. The van der Waals surface area contributed by atoms with Crippen LogP contribution in [0, 0.1) is 0 Å². The summed E-state index contributed by atoms with van der Waals surface area (Å²) in [6.07, 6.45) is 1.11. The lowest BCUT2D eigenvalue weighted by Crippen LogP contribution is -2.17. The van der Waals surface area contributed by atoms with Crippen LogP contribution in [0.5, 0.6) is 0 Å². The summed E-state index contributed by atoms with van der Waals surface area (Å²) in [7, 11) is 0. The Labute approximate surface area is 120 Å². The molecule has 1 aliphatic rings. The van der Waals surface area contributed by atoms with Crippen molar-refractivity contribution < 1.29 is 9.84 Å². The van der Waals surface area contributed by atoms with Crippen molar-refractivity contribution in [1.82, 2.24) is 0 Å². The topological polar surface area (TPSA) is 29.5 Å². The molecule has 0 heterocycles.